The summed E-state index contributed by atoms with van der Waals surface area (Å²) in [5.74, 6) is -2.41. The van der Waals surface area contributed by atoms with Gasteiger partial charge < -0.3 is 10.2 Å². The molecule has 0 spiro atoms. The van der Waals surface area contributed by atoms with E-state index in [1.165, 1.54) is 13.8 Å². The predicted molar refractivity (Wildman–Crippen MR) is 59.0 cm³/mol. The Morgan fingerprint density at radius 3 is 1.62 bits per heavy atom. The van der Waals surface area contributed by atoms with Crippen LogP contribution in [0, 0.1) is 0 Å². The van der Waals surface area contributed by atoms with Gasteiger partial charge in [-0.3, -0.25) is 4.79 Å². The molecule has 0 amide bonds. The van der Waals surface area contributed by atoms with Crippen LogP contribution in [0.5, 0.6) is 0 Å². The van der Waals surface area contributed by atoms with Gasteiger partial charge in [-0.15, -0.1) is 0 Å². The largest absolute Gasteiger partial charge is 0.478 e. The van der Waals surface area contributed by atoms with Crippen molar-refractivity contribution in [3.8, 4) is 0 Å². The molecule has 16 heavy (non-hydrogen) atoms. The first-order valence-corrected chi connectivity index (χ1v) is 4.19. The molecule has 88 valence electrons. The van der Waals surface area contributed by atoms with E-state index in [1.54, 1.807) is 0 Å². The van der Waals surface area contributed by atoms with Crippen LogP contribution in [0.3, 0.4) is 0 Å². The normalized spacial score (nSPS) is 9.50. The Kier molecular flexibility index (Phi) is 8.30. The number of carboxylic acids is 2. The van der Waals surface area contributed by atoms with Gasteiger partial charge in [-0.1, -0.05) is 13.2 Å². The van der Waals surface area contributed by atoms with E-state index in [2.05, 4.69) is 13.2 Å². The summed E-state index contributed by atoms with van der Waals surface area (Å²) in [5.41, 5.74) is 0.194. The van der Waals surface area contributed by atoms with Crippen LogP contribution >= 0.6 is 0 Å². The van der Waals surface area contributed by atoms with Crippen LogP contribution in [0.25, 0.3) is 0 Å². The van der Waals surface area contributed by atoms with Crippen molar-refractivity contribution in [2.75, 3.05) is 0 Å². The Hall–Kier alpha value is -2.17. The molecule has 0 atom stereocenters. The zero-order chi connectivity index (χ0) is 13.3. The molecule has 0 aromatic heterocycles. The van der Waals surface area contributed by atoms with Gasteiger partial charge in [-0.05, 0) is 26.0 Å². The van der Waals surface area contributed by atoms with Crippen molar-refractivity contribution in [3.05, 3.63) is 36.5 Å². The molecule has 0 aliphatic carbocycles. The number of rotatable bonds is 4. The van der Waals surface area contributed by atoms with Gasteiger partial charge >= 0.3 is 11.9 Å². The van der Waals surface area contributed by atoms with Crippen LogP contribution in [-0.2, 0) is 14.4 Å². The van der Waals surface area contributed by atoms with Crippen molar-refractivity contribution in [3.63, 3.8) is 0 Å². The molecule has 0 saturated heterocycles. The predicted octanol–water partition coefficient (Wildman–Crippen LogP) is 1.42. The standard InChI is InChI=1S/C7H8O3.C4H6O2/c1-3-6(8)4-5(2)7(9)10;1-3(2)4(5)6/h3-4H,1H2,2H3,(H,9,10);1H2,2H3,(H,5,6). The average Bonchev–Trinajstić information content (AvgIpc) is 2.18. The summed E-state index contributed by atoms with van der Waals surface area (Å²) in [6.07, 6.45) is 2.09. The lowest BCUT2D eigenvalue weighted by molar-refractivity contribution is -0.133. The highest BCUT2D eigenvalue weighted by Crippen LogP contribution is 1.92. The summed E-state index contributed by atoms with van der Waals surface area (Å²) < 4.78 is 0. The van der Waals surface area contributed by atoms with E-state index in [0.717, 1.165) is 12.2 Å². The second-order valence-corrected chi connectivity index (χ2v) is 2.82. The number of carboxylic acid groups (broad SMARTS) is 2. The van der Waals surface area contributed by atoms with Crippen molar-refractivity contribution < 1.29 is 24.6 Å². The van der Waals surface area contributed by atoms with Gasteiger partial charge in [0.1, 0.15) is 0 Å². The van der Waals surface area contributed by atoms with Crippen molar-refractivity contribution in [1.29, 1.82) is 0 Å². The van der Waals surface area contributed by atoms with E-state index in [0.29, 0.717) is 0 Å². The van der Waals surface area contributed by atoms with E-state index < -0.39 is 11.9 Å². The van der Waals surface area contributed by atoms with Crippen molar-refractivity contribution in [1.82, 2.24) is 0 Å². The highest BCUT2D eigenvalue weighted by Gasteiger charge is 2.00. The topological polar surface area (TPSA) is 91.7 Å². The highest BCUT2D eigenvalue weighted by molar-refractivity contribution is 6.03. The third kappa shape index (κ3) is 9.91. The van der Waals surface area contributed by atoms with Crippen LogP contribution in [-0.4, -0.2) is 27.9 Å². The minimum absolute atomic E-state index is 0.0184. The van der Waals surface area contributed by atoms with Crippen LogP contribution in [0.2, 0.25) is 0 Å². The number of aliphatic carboxylic acids is 2. The first-order valence-electron chi connectivity index (χ1n) is 4.19. The highest BCUT2D eigenvalue weighted by atomic mass is 16.4. The Morgan fingerprint density at radius 2 is 1.44 bits per heavy atom. The second-order valence-electron chi connectivity index (χ2n) is 2.82. The van der Waals surface area contributed by atoms with E-state index >= 15 is 0 Å². The molecule has 0 aliphatic heterocycles. The minimum atomic E-state index is -1.09. The minimum Gasteiger partial charge on any atom is -0.478 e. The van der Waals surface area contributed by atoms with Crippen LogP contribution in [0.15, 0.2) is 36.5 Å². The molecule has 0 heterocycles. The zero-order valence-electron chi connectivity index (χ0n) is 9.19. The second kappa shape index (κ2) is 8.16. The van der Waals surface area contributed by atoms with Gasteiger partial charge in [0.25, 0.3) is 0 Å². The van der Waals surface area contributed by atoms with E-state index in [9.17, 15) is 14.4 Å². The Bertz CT molecular complexity index is 337. The van der Waals surface area contributed by atoms with E-state index in [-0.39, 0.29) is 16.9 Å². The number of carbonyl (C=O) groups excluding carboxylic acids is 1. The summed E-state index contributed by atoms with van der Waals surface area (Å²) >= 11 is 0. The third-order valence-corrected chi connectivity index (χ3v) is 1.26. The number of hydrogen-bond acceptors (Lipinski definition) is 3. The molecule has 0 saturated carbocycles. The SMILES string of the molecule is C=C(C)C(=O)O.C=CC(=O)C=C(C)C(=O)O. The van der Waals surface area contributed by atoms with Crippen molar-refractivity contribution in [2.45, 2.75) is 13.8 Å². The molecule has 5 nitrogen and oxygen atoms in total. The van der Waals surface area contributed by atoms with Crippen LogP contribution in [0.4, 0.5) is 0 Å². The molecule has 0 rings (SSSR count). The molecule has 5 heteroatoms. The summed E-state index contributed by atoms with van der Waals surface area (Å²) in [4.78, 5) is 30.2. The third-order valence-electron chi connectivity index (χ3n) is 1.26. The van der Waals surface area contributed by atoms with E-state index in [4.69, 9.17) is 10.2 Å². The van der Waals surface area contributed by atoms with Crippen molar-refractivity contribution in [2.24, 2.45) is 0 Å². The van der Waals surface area contributed by atoms with Crippen LogP contribution < -0.4 is 0 Å². The maximum Gasteiger partial charge on any atom is 0.331 e. The zero-order valence-corrected chi connectivity index (χ0v) is 9.19. The van der Waals surface area contributed by atoms with Gasteiger partial charge in [0.2, 0.25) is 0 Å². The van der Waals surface area contributed by atoms with Crippen molar-refractivity contribution >= 4 is 17.7 Å². The average molecular weight is 226 g/mol. The van der Waals surface area contributed by atoms with Gasteiger partial charge in [-0.2, -0.15) is 0 Å². The molecule has 0 unspecified atom stereocenters. The fourth-order valence-electron chi connectivity index (χ4n) is 0.334. The fourth-order valence-corrected chi connectivity index (χ4v) is 0.334. The maximum atomic E-state index is 10.5. The first-order chi connectivity index (χ1) is 7.22. The Labute approximate surface area is 93.4 Å². The molecular weight excluding hydrogens is 212 g/mol. The molecule has 0 aromatic carbocycles. The van der Waals surface area contributed by atoms with Crippen LogP contribution in [0.1, 0.15) is 13.8 Å². The molecule has 0 fully saturated rings. The van der Waals surface area contributed by atoms with Gasteiger partial charge in [-0.25, -0.2) is 9.59 Å². The van der Waals surface area contributed by atoms with E-state index in [1.807, 2.05) is 0 Å². The molecule has 0 bridgehead atoms. The summed E-state index contributed by atoms with van der Waals surface area (Å²) in [6.45, 7) is 9.14. The quantitative estimate of drug-likeness (QED) is 0.707. The fraction of sp³-hybridized carbons (Fsp3) is 0.182. The van der Waals surface area contributed by atoms with Gasteiger partial charge in [0.05, 0.1) is 0 Å². The number of allylic oxidation sites excluding steroid dienone is 2. The smallest absolute Gasteiger partial charge is 0.331 e. The lowest BCUT2D eigenvalue weighted by atomic mass is 10.2. The summed E-state index contributed by atoms with van der Waals surface area (Å²) in [6, 6.07) is 0. The van der Waals surface area contributed by atoms with Gasteiger partial charge in [0.15, 0.2) is 5.78 Å². The number of ketones is 1. The lowest BCUT2D eigenvalue weighted by Crippen LogP contribution is -1.98. The lowest BCUT2D eigenvalue weighted by Gasteiger charge is -1.87. The number of hydrogen-bond donors (Lipinski definition) is 2. The number of carbonyl (C=O) groups is 3. The Morgan fingerprint density at radius 1 is 1.06 bits per heavy atom. The molecule has 2 N–H and O–H groups in total. The Balaban J connectivity index is 0. The molecular formula is C11H14O5. The molecule has 0 aliphatic rings. The molecule has 0 aromatic rings. The summed E-state index contributed by atoms with van der Waals surface area (Å²) in [5, 5.41) is 16.2. The monoisotopic (exact) mass is 226 g/mol. The molecule has 0 radical (unpaired) electrons. The van der Waals surface area contributed by atoms with Gasteiger partial charge in [0, 0.05) is 11.1 Å². The summed E-state index contributed by atoms with van der Waals surface area (Å²) in [7, 11) is 0. The maximum absolute atomic E-state index is 10.5. The first kappa shape index (κ1) is 16.3.